The van der Waals surface area contributed by atoms with Gasteiger partial charge in [0.15, 0.2) is 0 Å². The number of benzene rings is 2. The minimum absolute atomic E-state index is 0.223. The van der Waals surface area contributed by atoms with Crippen molar-refractivity contribution in [2.75, 3.05) is 23.4 Å². The predicted octanol–water partition coefficient (Wildman–Crippen LogP) is 3.84. The molecular weight excluding hydrogens is 594 g/mol. The fourth-order valence-electron chi connectivity index (χ4n) is 5.23. The van der Waals surface area contributed by atoms with E-state index < -0.39 is 46.2 Å². The lowest BCUT2D eigenvalue weighted by atomic mass is 9.76. The van der Waals surface area contributed by atoms with Gasteiger partial charge in [-0.3, -0.25) is 23.7 Å². The largest absolute Gasteiger partial charge is 0.462 e. The van der Waals surface area contributed by atoms with Crippen LogP contribution in [0.15, 0.2) is 58.4 Å². The topological polar surface area (TPSA) is 141 Å². The molecule has 2 aliphatic heterocycles. The number of esters is 2. The molecule has 2 aliphatic rings. The Labute approximate surface area is 255 Å². The molecule has 1 fully saturated rings. The zero-order chi connectivity index (χ0) is 31.1. The lowest BCUT2D eigenvalue weighted by Gasteiger charge is -2.36. The Balaban J connectivity index is 1.36. The number of hydrogen-bond donors (Lipinski definition) is 1. The van der Waals surface area contributed by atoms with Crippen molar-refractivity contribution in [1.29, 1.82) is 0 Å². The van der Waals surface area contributed by atoms with Gasteiger partial charge in [-0.2, -0.15) is 0 Å². The summed E-state index contributed by atoms with van der Waals surface area (Å²) in [5.41, 5.74) is 0.547. The van der Waals surface area contributed by atoms with E-state index in [-0.39, 0.29) is 24.6 Å². The lowest BCUT2D eigenvalue weighted by Crippen LogP contribution is -2.41. The molecule has 0 spiro atoms. The predicted molar refractivity (Wildman–Crippen MR) is 161 cm³/mol. The highest BCUT2D eigenvalue weighted by atomic mass is 32.2. The van der Waals surface area contributed by atoms with Crippen LogP contribution in [0.2, 0.25) is 0 Å². The number of thioether (sulfide) groups is 1. The third-order valence-electron chi connectivity index (χ3n) is 7.32. The molecule has 1 saturated heterocycles. The molecule has 13 heteroatoms. The van der Waals surface area contributed by atoms with Crippen LogP contribution in [0.5, 0.6) is 0 Å². The van der Waals surface area contributed by atoms with Crippen molar-refractivity contribution in [3.63, 3.8) is 0 Å². The first-order valence-electron chi connectivity index (χ1n) is 13.6. The second kappa shape index (κ2) is 11.8. The second-order valence-corrected chi connectivity index (χ2v) is 12.5. The molecule has 1 aromatic heterocycles. The number of imide groups is 1. The number of thiazole rings is 1. The number of carbonyl (C=O) groups excluding carboxylic acids is 5. The molecule has 0 radical (unpaired) electrons. The fourth-order valence-corrected chi connectivity index (χ4v) is 8.27. The molecule has 11 nitrogen and oxygen atoms in total. The van der Waals surface area contributed by atoms with E-state index in [1.807, 2.05) is 13.8 Å². The summed E-state index contributed by atoms with van der Waals surface area (Å²) in [6, 6.07) is 12.3. The van der Waals surface area contributed by atoms with Crippen LogP contribution in [0.1, 0.15) is 53.3 Å². The monoisotopic (exact) mass is 623 g/mol. The summed E-state index contributed by atoms with van der Waals surface area (Å²) in [5, 5.41) is 2.40. The number of nitrogens with zero attached hydrogens (tertiary/aromatic N) is 2. The maximum absolute atomic E-state index is 13.7. The van der Waals surface area contributed by atoms with E-state index in [1.165, 1.54) is 41.0 Å². The van der Waals surface area contributed by atoms with Gasteiger partial charge in [0, 0.05) is 16.0 Å². The summed E-state index contributed by atoms with van der Waals surface area (Å²) in [4.78, 5) is 78.7. The molecular formula is C30H29N3O8S2. The van der Waals surface area contributed by atoms with E-state index >= 15 is 0 Å². The van der Waals surface area contributed by atoms with E-state index in [1.54, 1.807) is 26.0 Å². The van der Waals surface area contributed by atoms with Gasteiger partial charge in [-0.15, -0.1) is 0 Å². The van der Waals surface area contributed by atoms with Gasteiger partial charge in [-0.05, 0) is 62.4 Å². The second-order valence-electron chi connectivity index (χ2n) is 10.5. The van der Waals surface area contributed by atoms with Crippen LogP contribution >= 0.6 is 23.1 Å². The first-order chi connectivity index (χ1) is 20.5. The van der Waals surface area contributed by atoms with Crippen molar-refractivity contribution >= 4 is 64.1 Å². The summed E-state index contributed by atoms with van der Waals surface area (Å²) in [6.45, 7) is 7.23. The van der Waals surface area contributed by atoms with Gasteiger partial charge in [-0.1, -0.05) is 36.9 Å². The minimum atomic E-state index is -0.869. The molecule has 3 aromatic rings. The van der Waals surface area contributed by atoms with Crippen LogP contribution in [-0.2, 0) is 35.8 Å². The van der Waals surface area contributed by atoms with Crippen LogP contribution in [0.25, 0.3) is 0 Å². The van der Waals surface area contributed by atoms with Gasteiger partial charge in [0.1, 0.15) is 11.8 Å². The number of aromatic nitrogens is 1. The van der Waals surface area contributed by atoms with Crippen LogP contribution in [-0.4, -0.2) is 52.7 Å². The van der Waals surface area contributed by atoms with E-state index in [0.717, 1.165) is 28.0 Å². The minimum Gasteiger partial charge on any atom is -0.462 e. The Morgan fingerprint density at radius 2 is 1.42 bits per heavy atom. The molecule has 2 aromatic carbocycles. The molecule has 0 bridgehead atoms. The van der Waals surface area contributed by atoms with Gasteiger partial charge in [0.2, 0.25) is 17.7 Å². The first kappa shape index (κ1) is 30.2. The standard InChI is InChI=1S/C30H29N3O8S2/c1-5-40-27(37)16-7-11-18(12-8-16)31-20(34)15-32-26-23(43-29(32)39)30(3,4)21-22(42-26)25(36)33(24(21)35)19-13-9-17(10-14-19)28(38)41-6-2/h7-14,21-22H,5-6,15H2,1-4H3,(H,31,34). The third kappa shape index (κ3) is 5.50. The average Bonchev–Trinajstić information content (AvgIpc) is 3.42. The zero-order valence-electron chi connectivity index (χ0n) is 23.9. The van der Waals surface area contributed by atoms with Crippen molar-refractivity contribution < 1.29 is 33.4 Å². The smallest absolute Gasteiger partial charge is 0.338 e. The van der Waals surface area contributed by atoms with Crippen molar-refractivity contribution in [3.05, 3.63) is 74.2 Å². The number of nitrogens with one attached hydrogen (secondary N) is 1. The van der Waals surface area contributed by atoms with E-state index in [4.69, 9.17) is 9.47 Å². The molecule has 43 heavy (non-hydrogen) atoms. The Morgan fingerprint density at radius 3 is 1.98 bits per heavy atom. The van der Waals surface area contributed by atoms with E-state index in [9.17, 15) is 28.8 Å². The van der Waals surface area contributed by atoms with Crippen molar-refractivity contribution in [2.24, 2.45) is 5.92 Å². The Kier molecular flexibility index (Phi) is 8.30. The molecule has 3 amide bonds. The molecule has 1 N–H and O–H groups in total. The Hall–Kier alpha value is -4.23. The number of carbonyl (C=O) groups is 5. The summed E-state index contributed by atoms with van der Waals surface area (Å²) in [7, 11) is 0. The number of anilines is 2. The van der Waals surface area contributed by atoms with Gasteiger partial charge >= 0.3 is 16.8 Å². The maximum atomic E-state index is 13.7. The molecule has 2 atom stereocenters. The molecule has 2 unspecified atom stereocenters. The van der Waals surface area contributed by atoms with Crippen LogP contribution in [0, 0.1) is 5.92 Å². The van der Waals surface area contributed by atoms with Gasteiger partial charge in [-0.25, -0.2) is 14.5 Å². The first-order valence-corrected chi connectivity index (χ1v) is 15.3. The Morgan fingerprint density at radius 1 is 0.860 bits per heavy atom. The normalized spacial score (nSPS) is 18.6. The number of fused-ring (bicyclic) bond motifs is 2. The summed E-state index contributed by atoms with van der Waals surface area (Å²) in [5.74, 6) is -3.00. The molecule has 224 valence electrons. The van der Waals surface area contributed by atoms with Crippen LogP contribution in [0.3, 0.4) is 0 Å². The Bertz CT molecular complexity index is 1670. The summed E-state index contributed by atoms with van der Waals surface area (Å²) < 4.78 is 11.3. The van der Waals surface area contributed by atoms with Crippen LogP contribution < -0.4 is 15.1 Å². The van der Waals surface area contributed by atoms with Crippen molar-refractivity contribution in [3.8, 4) is 0 Å². The summed E-state index contributed by atoms with van der Waals surface area (Å²) >= 11 is 2.08. The highest BCUT2D eigenvalue weighted by Gasteiger charge is 2.59. The van der Waals surface area contributed by atoms with Crippen molar-refractivity contribution in [1.82, 2.24) is 4.57 Å². The highest BCUT2D eigenvalue weighted by Crippen LogP contribution is 2.54. The van der Waals surface area contributed by atoms with Crippen molar-refractivity contribution in [2.45, 2.75) is 49.9 Å². The number of rotatable bonds is 8. The average molecular weight is 624 g/mol. The molecule has 3 heterocycles. The van der Waals surface area contributed by atoms with E-state index in [2.05, 4.69) is 5.32 Å². The summed E-state index contributed by atoms with van der Waals surface area (Å²) in [6.07, 6.45) is 0. The van der Waals surface area contributed by atoms with Gasteiger partial charge in [0.05, 0.1) is 41.0 Å². The highest BCUT2D eigenvalue weighted by molar-refractivity contribution is 8.00. The fraction of sp³-hybridized carbons (Fsp3) is 0.333. The maximum Gasteiger partial charge on any atom is 0.338 e. The number of hydrogen-bond acceptors (Lipinski definition) is 10. The SMILES string of the molecule is CCOC(=O)c1ccc(NC(=O)Cn2c3c(sc2=O)C(C)(C)C2C(=O)N(c4ccc(C(=O)OCC)cc4)C(=O)C2S3)cc1. The van der Waals surface area contributed by atoms with Gasteiger partial charge < -0.3 is 14.8 Å². The third-order valence-corrected chi connectivity index (χ3v) is 10.1. The molecule has 5 rings (SSSR count). The number of ether oxygens (including phenoxy) is 2. The number of amides is 3. The van der Waals surface area contributed by atoms with Gasteiger partial charge in [0.25, 0.3) is 0 Å². The zero-order valence-corrected chi connectivity index (χ0v) is 25.5. The quantitative estimate of drug-likeness (QED) is 0.293. The molecule has 0 saturated carbocycles. The van der Waals surface area contributed by atoms with E-state index in [0.29, 0.717) is 32.4 Å². The van der Waals surface area contributed by atoms with Crippen LogP contribution in [0.4, 0.5) is 11.4 Å². The molecule has 0 aliphatic carbocycles. The lowest BCUT2D eigenvalue weighted by molar-refractivity contribution is -0.123.